The number of thioether (sulfide) groups is 1. The van der Waals surface area contributed by atoms with E-state index in [1.807, 2.05) is 13.8 Å². The highest BCUT2D eigenvalue weighted by Gasteiger charge is 2.64. The molecule has 2 rings (SSSR count). The van der Waals surface area contributed by atoms with E-state index in [4.69, 9.17) is 0 Å². The first-order valence-electron chi connectivity index (χ1n) is 6.50. The molecule has 0 aliphatic carbocycles. The number of aliphatic carboxylic acids is 1. The lowest BCUT2D eigenvalue weighted by Crippen LogP contribution is -2.71. The van der Waals surface area contributed by atoms with E-state index in [-0.39, 0.29) is 17.2 Å². The van der Waals surface area contributed by atoms with Gasteiger partial charge in [-0.2, -0.15) is 0 Å². The van der Waals surface area contributed by atoms with Gasteiger partial charge in [-0.15, -0.1) is 11.8 Å². The smallest absolute Gasteiger partial charge is 0.327 e. The predicted octanol–water partition coefficient (Wildman–Crippen LogP) is 0.664. The van der Waals surface area contributed by atoms with Crippen molar-refractivity contribution >= 4 is 29.5 Å². The van der Waals surface area contributed by atoms with Gasteiger partial charge in [0.2, 0.25) is 11.8 Å². The minimum atomic E-state index is -1.00. The molecule has 2 heterocycles. The number of fused-ring (bicyclic) bond motifs is 1. The zero-order chi connectivity index (χ0) is 15.5. The zero-order valence-corrected chi connectivity index (χ0v) is 13.1. The molecular formula is C13H20N2O4S. The average molecular weight is 300 g/mol. The summed E-state index contributed by atoms with van der Waals surface area (Å²) < 4.78 is -0.562. The molecule has 2 aliphatic rings. The van der Waals surface area contributed by atoms with Crippen LogP contribution in [0.15, 0.2) is 0 Å². The number of β-lactam (4-membered cyclic amide) rings is 1. The Labute approximate surface area is 122 Å². The molecule has 2 unspecified atom stereocenters. The second kappa shape index (κ2) is 4.38. The molecule has 0 aromatic carbocycles. The van der Waals surface area contributed by atoms with Crippen molar-refractivity contribution in [2.75, 3.05) is 0 Å². The average Bonchev–Trinajstić information content (AvgIpc) is 2.53. The molecule has 0 spiro atoms. The van der Waals surface area contributed by atoms with Crippen LogP contribution in [-0.4, -0.2) is 50.0 Å². The van der Waals surface area contributed by atoms with Crippen LogP contribution in [0.1, 0.15) is 34.6 Å². The van der Waals surface area contributed by atoms with Crippen molar-refractivity contribution in [3.05, 3.63) is 0 Å². The van der Waals surface area contributed by atoms with Crippen LogP contribution in [-0.2, 0) is 14.4 Å². The van der Waals surface area contributed by atoms with E-state index < -0.39 is 28.2 Å². The van der Waals surface area contributed by atoms with E-state index in [1.54, 1.807) is 20.8 Å². The molecule has 0 aromatic heterocycles. The minimum absolute atomic E-state index is 0.201. The molecule has 0 radical (unpaired) electrons. The molecule has 2 saturated heterocycles. The largest absolute Gasteiger partial charge is 0.480 e. The molecule has 0 aromatic rings. The van der Waals surface area contributed by atoms with Gasteiger partial charge in [0.1, 0.15) is 17.5 Å². The summed E-state index contributed by atoms with van der Waals surface area (Å²) in [5.41, 5.74) is -0.578. The normalized spacial score (nSPS) is 31.6. The molecule has 112 valence electrons. The van der Waals surface area contributed by atoms with Crippen molar-refractivity contribution in [2.45, 2.75) is 56.8 Å². The Balaban J connectivity index is 2.15. The van der Waals surface area contributed by atoms with Gasteiger partial charge in [0.05, 0.1) is 0 Å². The molecule has 0 saturated carbocycles. The highest BCUT2D eigenvalue weighted by molar-refractivity contribution is 8.01. The molecule has 7 heteroatoms. The molecule has 0 bridgehead atoms. The van der Waals surface area contributed by atoms with E-state index in [1.165, 1.54) is 16.7 Å². The fourth-order valence-electron chi connectivity index (χ4n) is 2.50. The second-order valence-electron chi connectivity index (χ2n) is 6.80. The molecule has 2 fully saturated rings. The Morgan fingerprint density at radius 2 is 1.90 bits per heavy atom. The Hall–Kier alpha value is -1.24. The van der Waals surface area contributed by atoms with Gasteiger partial charge in [-0.05, 0) is 13.8 Å². The van der Waals surface area contributed by atoms with Crippen LogP contribution in [0.4, 0.5) is 0 Å². The Kier molecular flexibility index (Phi) is 3.32. The summed E-state index contributed by atoms with van der Waals surface area (Å²) in [6.45, 7) is 8.94. The highest BCUT2D eigenvalue weighted by Crippen LogP contribution is 2.50. The number of hydrogen-bond acceptors (Lipinski definition) is 4. The van der Waals surface area contributed by atoms with Crippen LogP contribution in [0.25, 0.3) is 0 Å². The number of carbonyl (C=O) groups excluding carboxylic acids is 2. The molecule has 2 amide bonds. The Bertz CT molecular complexity index is 483. The third-order valence-corrected chi connectivity index (χ3v) is 5.21. The van der Waals surface area contributed by atoms with Crippen molar-refractivity contribution in [1.29, 1.82) is 0 Å². The lowest BCUT2D eigenvalue weighted by atomic mass is 9.92. The molecule has 2 N–H and O–H groups in total. The van der Waals surface area contributed by atoms with E-state index in [9.17, 15) is 19.5 Å². The quantitative estimate of drug-likeness (QED) is 0.732. The lowest BCUT2D eigenvalue weighted by molar-refractivity contribution is -0.161. The summed E-state index contributed by atoms with van der Waals surface area (Å²) in [6.07, 6.45) is 0. The van der Waals surface area contributed by atoms with Gasteiger partial charge in [-0.3, -0.25) is 9.59 Å². The number of hydrogen-bond donors (Lipinski definition) is 2. The van der Waals surface area contributed by atoms with Gasteiger partial charge in [0.25, 0.3) is 0 Å². The summed E-state index contributed by atoms with van der Waals surface area (Å²) >= 11 is 1.43. The molecular weight excluding hydrogens is 280 g/mol. The minimum Gasteiger partial charge on any atom is -0.480 e. The lowest BCUT2D eigenvalue weighted by Gasteiger charge is -2.44. The number of rotatable bonds is 2. The summed E-state index contributed by atoms with van der Waals surface area (Å²) in [4.78, 5) is 36.8. The van der Waals surface area contributed by atoms with Gasteiger partial charge in [0, 0.05) is 10.2 Å². The maximum absolute atomic E-state index is 12.1. The summed E-state index contributed by atoms with van der Waals surface area (Å²) in [5.74, 6) is -1.51. The topological polar surface area (TPSA) is 86.7 Å². The maximum Gasteiger partial charge on any atom is 0.327 e. The van der Waals surface area contributed by atoms with E-state index in [0.717, 1.165) is 0 Å². The fraction of sp³-hybridized carbons (Fsp3) is 0.769. The van der Waals surface area contributed by atoms with Crippen LogP contribution in [0.2, 0.25) is 0 Å². The van der Waals surface area contributed by atoms with E-state index in [2.05, 4.69) is 5.32 Å². The van der Waals surface area contributed by atoms with Crippen molar-refractivity contribution < 1.29 is 19.5 Å². The first-order valence-corrected chi connectivity index (χ1v) is 7.38. The first-order chi connectivity index (χ1) is 8.97. The van der Waals surface area contributed by atoms with Crippen molar-refractivity contribution in [1.82, 2.24) is 10.2 Å². The third kappa shape index (κ3) is 2.17. The van der Waals surface area contributed by atoms with Crippen LogP contribution in [0.5, 0.6) is 0 Å². The van der Waals surface area contributed by atoms with Crippen LogP contribution in [0, 0.1) is 5.41 Å². The van der Waals surface area contributed by atoms with Gasteiger partial charge < -0.3 is 15.3 Å². The van der Waals surface area contributed by atoms with Gasteiger partial charge in [0.15, 0.2) is 0 Å². The number of amides is 2. The first kappa shape index (κ1) is 15.2. The summed E-state index contributed by atoms with van der Waals surface area (Å²) in [7, 11) is 0. The molecule has 6 nitrogen and oxygen atoms in total. The maximum atomic E-state index is 12.1. The van der Waals surface area contributed by atoms with Crippen molar-refractivity contribution in [3.8, 4) is 0 Å². The van der Waals surface area contributed by atoms with Crippen LogP contribution < -0.4 is 5.32 Å². The highest BCUT2D eigenvalue weighted by atomic mass is 32.2. The standard InChI is InChI=1S/C13H20N2O4S/c1-12(2,3)11(19)14-6-8(16)15-7(10(17)18)13(4,5)20-9(6)15/h6-7,9H,1-5H3,(H,14,19)(H,17,18)/t6-,7?,9?/m1/s1. The zero-order valence-electron chi connectivity index (χ0n) is 12.3. The SMILES string of the molecule is CC(C)(C)C(=O)N[C@@H]1C(=O)N2C1SC(C)(C)C2C(=O)O. The number of nitrogens with one attached hydrogen (secondary N) is 1. The summed E-state index contributed by atoms with van der Waals surface area (Å²) in [6, 6.07) is -1.46. The van der Waals surface area contributed by atoms with Crippen molar-refractivity contribution in [2.24, 2.45) is 5.41 Å². The second-order valence-corrected chi connectivity index (χ2v) is 8.57. The summed E-state index contributed by atoms with van der Waals surface area (Å²) in [5, 5.41) is 11.7. The monoisotopic (exact) mass is 300 g/mol. The molecule has 3 atom stereocenters. The Morgan fingerprint density at radius 1 is 1.35 bits per heavy atom. The number of carbonyl (C=O) groups is 3. The van der Waals surface area contributed by atoms with E-state index >= 15 is 0 Å². The number of carboxylic acid groups (broad SMARTS) is 1. The van der Waals surface area contributed by atoms with Crippen LogP contribution in [0.3, 0.4) is 0 Å². The predicted molar refractivity (Wildman–Crippen MR) is 75.1 cm³/mol. The Morgan fingerprint density at radius 3 is 2.35 bits per heavy atom. The van der Waals surface area contributed by atoms with Gasteiger partial charge in [-0.25, -0.2) is 4.79 Å². The fourth-order valence-corrected chi connectivity index (χ4v) is 4.13. The van der Waals surface area contributed by atoms with Gasteiger partial charge >= 0.3 is 5.97 Å². The number of carboxylic acids is 1. The van der Waals surface area contributed by atoms with Crippen LogP contribution >= 0.6 is 11.8 Å². The van der Waals surface area contributed by atoms with Crippen molar-refractivity contribution in [3.63, 3.8) is 0 Å². The number of nitrogens with zero attached hydrogens (tertiary/aromatic N) is 1. The van der Waals surface area contributed by atoms with E-state index in [0.29, 0.717) is 0 Å². The molecule has 20 heavy (non-hydrogen) atoms. The van der Waals surface area contributed by atoms with Gasteiger partial charge in [-0.1, -0.05) is 20.8 Å². The third-order valence-electron chi connectivity index (χ3n) is 3.64. The molecule has 2 aliphatic heterocycles.